The number of nitrogens with zero attached hydrogens (tertiary/aromatic N) is 3. The van der Waals surface area contributed by atoms with Crippen LogP contribution in [-0.4, -0.2) is 54.3 Å². The van der Waals surface area contributed by atoms with Crippen molar-refractivity contribution in [1.29, 1.82) is 0 Å². The predicted molar refractivity (Wildman–Crippen MR) is 97.0 cm³/mol. The summed E-state index contributed by atoms with van der Waals surface area (Å²) >= 11 is 1.35. The number of anilines is 1. The van der Waals surface area contributed by atoms with Crippen molar-refractivity contribution in [2.24, 2.45) is 0 Å². The van der Waals surface area contributed by atoms with E-state index in [0.29, 0.717) is 5.69 Å². The highest BCUT2D eigenvalue weighted by atomic mass is 32.2. The molecule has 11 heteroatoms. The summed E-state index contributed by atoms with van der Waals surface area (Å²) in [6.07, 6.45) is 3.14. The number of ether oxygens (including phenoxy) is 1. The number of nitrogens with one attached hydrogen (secondary N) is 1. The van der Waals surface area contributed by atoms with Crippen LogP contribution in [0.5, 0.6) is 0 Å². The molecule has 4 rings (SSSR count). The molecule has 0 saturated carbocycles. The molecule has 1 N–H and O–H groups in total. The number of aromatic nitrogens is 2. The fraction of sp³-hybridized carbons (Fsp3) is 0.250. The Bertz CT molecular complexity index is 1100. The van der Waals surface area contributed by atoms with Crippen molar-refractivity contribution < 1.29 is 22.3 Å². The van der Waals surface area contributed by atoms with Gasteiger partial charge in [-0.15, -0.1) is 11.3 Å². The van der Waals surface area contributed by atoms with Gasteiger partial charge in [-0.05, 0) is 18.2 Å². The molecule has 1 saturated heterocycles. The van der Waals surface area contributed by atoms with Crippen molar-refractivity contribution in [2.45, 2.75) is 4.90 Å². The third-order valence-electron chi connectivity index (χ3n) is 4.16. The minimum atomic E-state index is -4.02. The smallest absolute Gasteiger partial charge is 0.273 e. The Morgan fingerprint density at radius 3 is 2.85 bits per heavy atom. The molecule has 1 aliphatic rings. The molecule has 27 heavy (non-hydrogen) atoms. The highest BCUT2D eigenvalue weighted by molar-refractivity contribution is 7.89. The molecule has 2 aromatic heterocycles. The fourth-order valence-corrected chi connectivity index (χ4v) is 5.12. The second kappa shape index (κ2) is 7.00. The van der Waals surface area contributed by atoms with E-state index in [0.717, 1.165) is 17.0 Å². The van der Waals surface area contributed by atoms with E-state index in [4.69, 9.17) is 4.74 Å². The summed E-state index contributed by atoms with van der Waals surface area (Å²) in [6, 6.07) is 3.49. The van der Waals surface area contributed by atoms with Crippen LogP contribution in [0.3, 0.4) is 0 Å². The zero-order chi connectivity index (χ0) is 19.0. The number of sulfonamides is 1. The van der Waals surface area contributed by atoms with Crippen molar-refractivity contribution in [3.8, 4) is 0 Å². The fourth-order valence-electron chi connectivity index (χ4n) is 2.79. The van der Waals surface area contributed by atoms with E-state index < -0.39 is 26.6 Å². The van der Waals surface area contributed by atoms with Crippen LogP contribution in [0.4, 0.5) is 10.1 Å². The third-order valence-corrected chi connectivity index (χ3v) is 6.96. The van der Waals surface area contributed by atoms with Crippen LogP contribution in [0.25, 0.3) is 4.83 Å². The van der Waals surface area contributed by atoms with Gasteiger partial charge in [0, 0.05) is 24.2 Å². The second-order valence-corrected chi connectivity index (χ2v) is 8.63. The standard InChI is InChI=1S/C16H15FN4O4S2/c17-12-2-1-11(7-14(12)27(23,24)20-3-5-25-6-4-20)19-16(22)13-9-26-15-8-18-10-21(13)15/h1-2,7-10H,3-6H2,(H,19,22). The van der Waals surface area contributed by atoms with Gasteiger partial charge in [0.05, 0.1) is 19.4 Å². The average molecular weight is 410 g/mol. The minimum Gasteiger partial charge on any atom is -0.379 e. The van der Waals surface area contributed by atoms with Crippen LogP contribution in [0.15, 0.2) is 41.0 Å². The first-order chi connectivity index (χ1) is 13.0. The van der Waals surface area contributed by atoms with Gasteiger partial charge in [-0.1, -0.05) is 0 Å². The number of thiazole rings is 1. The van der Waals surface area contributed by atoms with E-state index in [2.05, 4.69) is 10.3 Å². The summed E-state index contributed by atoms with van der Waals surface area (Å²) in [5.74, 6) is -1.31. The first-order valence-electron chi connectivity index (χ1n) is 8.05. The van der Waals surface area contributed by atoms with E-state index >= 15 is 0 Å². The number of carbonyl (C=O) groups is 1. The van der Waals surface area contributed by atoms with Gasteiger partial charge < -0.3 is 10.1 Å². The summed E-state index contributed by atoms with van der Waals surface area (Å²) in [7, 11) is -4.02. The SMILES string of the molecule is O=C(Nc1ccc(F)c(S(=O)(=O)N2CCOCC2)c1)c1csc2cncn12. The summed E-state index contributed by atoms with van der Waals surface area (Å²) in [6.45, 7) is 0.838. The molecule has 1 aromatic carbocycles. The Morgan fingerprint density at radius 1 is 1.30 bits per heavy atom. The van der Waals surface area contributed by atoms with E-state index in [1.54, 1.807) is 16.0 Å². The van der Waals surface area contributed by atoms with Crippen LogP contribution < -0.4 is 5.32 Å². The summed E-state index contributed by atoms with van der Waals surface area (Å²) < 4.78 is 47.6. The zero-order valence-electron chi connectivity index (χ0n) is 14.0. The van der Waals surface area contributed by atoms with Crippen molar-refractivity contribution in [3.63, 3.8) is 0 Å². The number of hydrogen-bond donors (Lipinski definition) is 1. The minimum absolute atomic E-state index is 0.159. The van der Waals surface area contributed by atoms with Crippen molar-refractivity contribution in [3.05, 3.63) is 47.6 Å². The predicted octanol–water partition coefficient (Wildman–Crippen LogP) is 1.81. The van der Waals surface area contributed by atoms with Crippen molar-refractivity contribution in [2.75, 3.05) is 31.6 Å². The maximum Gasteiger partial charge on any atom is 0.273 e. The summed E-state index contributed by atoms with van der Waals surface area (Å²) in [4.78, 5) is 16.8. The summed E-state index contributed by atoms with van der Waals surface area (Å²) in [5, 5.41) is 4.28. The van der Waals surface area contributed by atoms with Gasteiger partial charge in [-0.2, -0.15) is 4.31 Å². The molecule has 0 spiro atoms. The Morgan fingerprint density at radius 2 is 2.07 bits per heavy atom. The molecule has 0 atom stereocenters. The molecule has 142 valence electrons. The number of amides is 1. The number of fused-ring (bicyclic) bond motifs is 1. The van der Waals surface area contributed by atoms with Gasteiger partial charge in [-0.3, -0.25) is 9.20 Å². The Kier molecular flexibility index (Phi) is 4.68. The van der Waals surface area contributed by atoms with Crippen molar-refractivity contribution in [1.82, 2.24) is 13.7 Å². The number of imidazole rings is 1. The summed E-state index contributed by atoms with van der Waals surface area (Å²) in [5.41, 5.74) is 0.544. The zero-order valence-corrected chi connectivity index (χ0v) is 15.6. The number of benzene rings is 1. The molecule has 0 unspecified atom stereocenters. The largest absolute Gasteiger partial charge is 0.379 e. The van der Waals surface area contributed by atoms with Gasteiger partial charge in [0.25, 0.3) is 5.91 Å². The number of rotatable bonds is 4. The third kappa shape index (κ3) is 3.34. The Balaban J connectivity index is 1.62. The topological polar surface area (TPSA) is 93.0 Å². The lowest BCUT2D eigenvalue weighted by Crippen LogP contribution is -2.40. The lowest BCUT2D eigenvalue weighted by molar-refractivity contribution is 0.0729. The molecule has 0 radical (unpaired) electrons. The van der Waals surface area contributed by atoms with E-state index in [1.165, 1.54) is 28.0 Å². The van der Waals surface area contributed by atoms with Gasteiger partial charge in [0.2, 0.25) is 10.0 Å². The number of hydrogen-bond acceptors (Lipinski definition) is 6. The molecule has 8 nitrogen and oxygen atoms in total. The highest BCUT2D eigenvalue weighted by Gasteiger charge is 2.29. The Labute approximate surface area is 158 Å². The quantitative estimate of drug-likeness (QED) is 0.708. The first-order valence-corrected chi connectivity index (χ1v) is 10.4. The number of morpholine rings is 1. The van der Waals surface area contributed by atoms with Gasteiger partial charge in [0.1, 0.15) is 27.6 Å². The molecule has 0 aliphatic carbocycles. The van der Waals surface area contributed by atoms with Crippen LogP contribution in [0, 0.1) is 5.82 Å². The number of carbonyl (C=O) groups excluding carboxylic acids is 1. The normalized spacial score (nSPS) is 15.9. The molecule has 1 aliphatic heterocycles. The molecular formula is C16H15FN4O4S2. The van der Waals surface area contributed by atoms with Gasteiger partial charge >= 0.3 is 0 Å². The van der Waals surface area contributed by atoms with E-state index in [9.17, 15) is 17.6 Å². The van der Waals surface area contributed by atoms with Crippen molar-refractivity contribution >= 4 is 37.8 Å². The average Bonchev–Trinajstić information content (AvgIpc) is 3.27. The first kappa shape index (κ1) is 18.0. The maximum atomic E-state index is 14.2. The second-order valence-electron chi connectivity index (χ2n) is 5.84. The highest BCUT2D eigenvalue weighted by Crippen LogP contribution is 2.25. The molecule has 1 fully saturated rings. The molecule has 0 bridgehead atoms. The van der Waals surface area contributed by atoms with E-state index in [1.807, 2.05) is 0 Å². The molecule has 1 amide bonds. The van der Waals surface area contributed by atoms with Crippen LogP contribution in [-0.2, 0) is 14.8 Å². The van der Waals surface area contributed by atoms with Crippen LogP contribution in [0.1, 0.15) is 10.5 Å². The van der Waals surface area contributed by atoms with Gasteiger partial charge in [0.15, 0.2) is 0 Å². The maximum absolute atomic E-state index is 14.2. The molecule has 3 aromatic rings. The van der Waals surface area contributed by atoms with E-state index in [-0.39, 0.29) is 32.0 Å². The lowest BCUT2D eigenvalue weighted by atomic mass is 10.3. The molecular weight excluding hydrogens is 395 g/mol. The Hall–Kier alpha value is -2.34. The van der Waals surface area contributed by atoms with Gasteiger partial charge in [-0.25, -0.2) is 17.8 Å². The van der Waals surface area contributed by atoms with Crippen LogP contribution >= 0.6 is 11.3 Å². The molecule has 3 heterocycles. The monoisotopic (exact) mass is 410 g/mol. The lowest BCUT2D eigenvalue weighted by Gasteiger charge is -2.26. The number of halogens is 1. The van der Waals surface area contributed by atoms with Crippen LogP contribution in [0.2, 0.25) is 0 Å².